The standard InChI is InChI=1S/C21H27BrN2O2S/c1-21(2,3)15-9-10-19(18(22)13-15)26-12-6-11-23-20(25)24-16-7-5-8-17(14-16)27-4/h5,7-10,13-14H,6,11-12H2,1-4H3,(H2,23,24,25). The minimum Gasteiger partial charge on any atom is -0.492 e. The van der Waals surface area contributed by atoms with Gasteiger partial charge in [-0.2, -0.15) is 0 Å². The summed E-state index contributed by atoms with van der Waals surface area (Å²) in [5.41, 5.74) is 2.15. The molecule has 0 fully saturated rings. The van der Waals surface area contributed by atoms with E-state index in [1.807, 2.05) is 36.6 Å². The molecule has 0 bridgehead atoms. The summed E-state index contributed by atoms with van der Waals surface area (Å²) in [5, 5.41) is 5.69. The molecule has 0 aliphatic carbocycles. The molecule has 2 aromatic rings. The van der Waals surface area contributed by atoms with Crippen molar-refractivity contribution in [2.45, 2.75) is 37.5 Å². The first-order valence-corrected chi connectivity index (χ1v) is 10.9. The first kappa shape index (κ1) is 21.6. The van der Waals surface area contributed by atoms with Crippen LogP contribution in [0.15, 0.2) is 51.8 Å². The Morgan fingerprint density at radius 3 is 2.63 bits per heavy atom. The number of ether oxygens (including phenoxy) is 1. The van der Waals surface area contributed by atoms with Gasteiger partial charge in [-0.3, -0.25) is 0 Å². The van der Waals surface area contributed by atoms with Crippen molar-refractivity contribution in [3.8, 4) is 5.75 Å². The van der Waals surface area contributed by atoms with Crippen LogP contribution in [-0.2, 0) is 5.41 Å². The SMILES string of the molecule is CSc1cccc(NC(=O)NCCCOc2ccc(C(C)(C)C)cc2Br)c1. The molecule has 0 aliphatic heterocycles. The molecule has 2 aromatic carbocycles. The van der Waals surface area contributed by atoms with Crippen LogP contribution in [0.1, 0.15) is 32.8 Å². The van der Waals surface area contributed by atoms with Crippen molar-refractivity contribution in [1.29, 1.82) is 0 Å². The van der Waals surface area contributed by atoms with Gasteiger partial charge >= 0.3 is 6.03 Å². The van der Waals surface area contributed by atoms with E-state index in [1.54, 1.807) is 11.8 Å². The lowest BCUT2D eigenvalue weighted by Gasteiger charge is -2.20. The number of rotatable bonds is 7. The van der Waals surface area contributed by atoms with E-state index < -0.39 is 0 Å². The zero-order valence-corrected chi connectivity index (χ0v) is 18.7. The Labute approximate surface area is 174 Å². The Morgan fingerprint density at radius 2 is 1.96 bits per heavy atom. The fourth-order valence-corrected chi connectivity index (χ4v) is 3.37. The summed E-state index contributed by atoms with van der Waals surface area (Å²) in [6.07, 6.45) is 2.74. The van der Waals surface area contributed by atoms with Crippen LogP contribution in [0.5, 0.6) is 5.75 Å². The van der Waals surface area contributed by atoms with Crippen LogP contribution in [0.4, 0.5) is 10.5 Å². The molecular weight excluding hydrogens is 424 g/mol. The molecule has 0 radical (unpaired) electrons. The highest BCUT2D eigenvalue weighted by Crippen LogP contribution is 2.31. The molecule has 27 heavy (non-hydrogen) atoms. The molecule has 0 saturated carbocycles. The number of urea groups is 1. The van der Waals surface area contributed by atoms with Crippen LogP contribution in [0.25, 0.3) is 0 Å². The third kappa shape index (κ3) is 7.11. The van der Waals surface area contributed by atoms with Gasteiger partial charge in [0.15, 0.2) is 0 Å². The number of carbonyl (C=O) groups excluding carboxylic acids is 1. The van der Waals surface area contributed by atoms with Crippen LogP contribution in [0.3, 0.4) is 0 Å². The van der Waals surface area contributed by atoms with E-state index in [9.17, 15) is 4.79 Å². The smallest absolute Gasteiger partial charge is 0.319 e. The Kier molecular flexibility index (Phi) is 8.05. The van der Waals surface area contributed by atoms with E-state index in [-0.39, 0.29) is 11.4 Å². The molecule has 2 amide bonds. The Bertz CT molecular complexity index is 775. The maximum Gasteiger partial charge on any atom is 0.319 e. The number of nitrogens with one attached hydrogen (secondary N) is 2. The second-order valence-corrected chi connectivity index (χ2v) is 8.94. The van der Waals surface area contributed by atoms with Crippen LogP contribution in [0.2, 0.25) is 0 Å². The average molecular weight is 451 g/mol. The Morgan fingerprint density at radius 1 is 1.19 bits per heavy atom. The number of benzene rings is 2. The summed E-state index contributed by atoms with van der Waals surface area (Å²) in [5.74, 6) is 0.821. The van der Waals surface area contributed by atoms with Gasteiger partial charge in [-0.15, -0.1) is 11.8 Å². The van der Waals surface area contributed by atoms with Gasteiger partial charge in [-0.05, 0) is 69.9 Å². The summed E-state index contributed by atoms with van der Waals surface area (Å²) in [6, 6.07) is 13.7. The van der Waals surface area contributed by atoms with Gasteiger partial charge in [-0.25, -0.2) is 4.79 Å². The molecule has 0 saturated heterocycles. The lowest BCUT2D eigenvalue weighted by molar-refractivity contribution is 0.250. The van der Waals surface area contributed by atoms with E-state index in [1.165, 1.54) is 5.56 Å². The predicted molar refractivity (Wildman–Crippen MR) is 118 cm³/mol. The van der Waals surface area contributed by atoms with Crippen molar-refractivity contribution >= 4 is 39.4 Å². The Hall–Kier alpha value is -1.66. The van der Waals surface area contributed by atoms with E-state index in [0.717, 1.165) is 27.2 Å². The lowest BCUT2D eigenvalue weighted by Crippen LogP contribution is -2.30. The molecule has 0 heterocycles. The minimum atomic E-state index is -0.205. The predicted octanol–water partition coefficient (Wildman–Crippen LogP) is 6.06. The number of halogens is 1. The maximum atomic E-state index is 12.0. The monoisotopic (exact) mass is 450 g/mol. The molecule has 0 unspecified atom stereocenters. The number of anilines is 1. The third-order valence-corrected chi connectivity index (χ3v) is 5.33. The number of amides is 2. The largest absolute Gasteiger partial charge is 0.492 e. The highest BCUT2D eigenvalue weighted by Gasteiger charge is 2.15. The summed E-state index contributed by atoms with van der Waals surface area (Å²) in [7, 11) is 0. The quantitative estimate of drug-likeness (QED) is 0.398. The maximum absolute atomic E-state index is 12.0. The van der Waals surface area contributed by atoms with Gasteiger partial charge in [0, 0.05) is 17.1 Å². The molecule has 4 nitrogen and oxygen atoms in total. The molecular formula is C21H27BrN2O2S. The van der Waals surface area contributed by atoms with Crippen LogP contribution >= 0.6 is 27.7 Å². The topological polar surface area (TPSA) is 50.4 Å². The summed E-state index contributed by atoms with van der Waals surface area (Å²) >= 11 is 5.22. The summed E-state index contributed by atoms with van der Waals surface area (Å²) < 4.78 is 6.77. The van der Waals surface area contributed by atoms with Gasteiger partial charge < -0.3 is 15.4 Å². The second-order valence-electron chi connectivity index (χ2n) is 7.21. The fourth-order valence-electron chi connectivity index (χ4n) is 2.42. The highest BCUT2D eigenvalue weighted by atomic mass is 79.9. The van der Waals surface area contributed by atoms with Crippen molar-refractivity contribution < 1.29 is 9.53 Å². The number of thioether (sulfide) groups is 1. The number of carbonyl (C=O) groups is 1. The van der Waals surface area contributed by atoms with Crippen molar-refractivity contribution in [2.75, 3.05) is 24.7 Å². The molecule has 0 atom stereocenters. The van der Waals surface area contributed by atoms with Crippen molar-refractivity contribution in [3.05, 3.63) is 52.5 Å². The first-order chi connectivity index (χ1) is 12.8. The molecule has 0 spiro atoms. The third-order valence-electron chi connectivity index (χ3n) is 3.99. The molecule has 2 N–H and O–H groups in total. The number of hydrogen-bond acceptors (Lipinski definition) is 3. The molecule has 0 aliphatic rings. The highest BCUT2D eigenvalue weighted by molar-refractivity contribution is 9.10. The Balaban J connectivity index is 1.72. The van der Waals surface area contributed by atoms with Crippen molar-refractivity contribution in [2.24, 2.45) is 0 Å². The van der Waals surface area contributed by atoms with Gasteiger partial charge in [-0.1, -0.05) is 32.9 Å². The van der Waals surface area contributed by atoms with E-state index in [2.05, 4.69) is 59.5 Å². The molecule has 0 aromatic heterocycles. The first-order valence-electron chi connectivity index (χ1n) is 8.91. The summed E-state index contributed by atoms with van der Waals surface area (Å²) in [6.45, 7) is 7.64. The molecule has 2 rings (SSSR count). The number of hydrogen-bond donors (Lipinski definition) is 2. The summed E-state index contributed by atoms with van der Waals surface area (Å²) in [4.78, 5) is 13.1. The van der Waals surface area contributed by atoms with Gasteiger partial charge in [0.05, 0.1) is 11.1 Å². The normalized spacial score (nSPS) is 11.1. The lowest BCUT2D eigenvalue weighted by atomic mass is 9.87. The van der Waals surface area contributed by atoms with Crippen LogP contribution in [-0.4, -0.2) is 25.4 Å². The van der Waals surface area contributed by atoms with E-state index >= 15 is 0 Å². The van der Waals surface area contributed by atoms with Gasteiger partial charge in [0.1, 0.15) is 5.75 Å². The molecule has 6 heteroatoms. The van der Waals surface area contributed by atoms with Gasteiger partial charge in [0.25, 0.3) is 0 Å². The zero-order chi connectivity index (χ0) is 19.9. The second kappa shape index (κ2) is 10.0. The average Bonchev–Trinajstić information content (AvgIpc) is 2.62. The van der Waals surface area contributed by atoms with Crippen LogP contribution in [0, 0.1) is 0 Å². The van der Waals surface area contributed by atoms with E-state index in [0.29, 0.717) is 13.2 Å². The van der Waals surface area contributed by atoms with E-state index in [4.69, 9.17) is 4.74 Å². The molecule has 146 valence electrons. The fraction of sp³-hybridized carbons (Fsp3) is 0.381. The van der Waals surface area contributed by atoms with Crippen molar-refractivity contribution in [3.63, 3.8) is 0 Å². The van der Waals surface area contributed by atoms with Gasteiger partial charge in [0.2, 0.25) is 0 Å². The minimum absolute atomic E-state index is 0.105. The zero-order valence-electron chi connectivity index (χ0n) is 16.3. The van der Waals surface area contributed by atoms with Crippen LogP contribution < -0.4 is 15.4 Å². The van der Waals surface area contributed by atoms with Crippen molar-refractivity contribution in [1.82, 2.24) is 5.32 Å².